The van der Waals surface area contributed by atoms with Crippen LogP contribution in [0.2, 0.25) is 0 Å². The van der Waals surface area contributed by atoms with E-state index in [4.69, 9.17) is 0 Å². The topological polar surface area (TPSA) is 44.8 Å². The summed E-state index contributed by atoms with van der Waals surface area (Å²) in [5.41, 5.74) is 1.07. The number of rotatable bonds is 2. The van der Waals surface area contributed by atoms with Gasteiger partial charge in [0.1, 0.15) is 5.82 Å². The second kappa shape index (κ2) is 5.53. The molecule has 0 bridgehead atoms. The third kappa shape index (κ3) is 2.68. The molecule has 0 amide bonds. The van der Waals surface area contributed by atoms with Crippen LogP contribution in [0, 0.1) is 0 Å². The smallest absolute Gasteiger partial charge is 0.181 e. The van der Waals surface area contributed by atoms with E-state index < -0.39 is 0 Å². The molecule has 1 fully saturated rings. The molecule has 0 radical (unpaired) electrons. The molecule has 1 aliphatic heterocycles. The van der Waals surface area contributed by atoms with Gasteiger partial charge in [0.2, 0.25) is 0 Å². The minimum Gasteiger partial charge on any atom is -0.297 e. The van der Waals surface area contributed by atoms with Gasteiger partial charge in [0, 0.05) is 5.56 Å². The monoisotopic (exact) mass is 256 g/mol. The second-order valence-electron chi connectivity index (χ2n) is 5.26. The highest BCUT2D eigenvalue weighted by atomic mass is 15.3. The molecule has 2 aromatic rings. The highest BCUT2D eigenvalue weighted by Gasteiger charge is 2.22. The molecular weight excluding hydrogens is 236 g/mol. The fraction of sp³-hybridized carbons (Fsp3) is 0.467. The van der Waals surface area contributed by atoms with E-state index >= 15 is 0 Å². The number of hydrogen-bond acceptors (Lipinski definition) is 3. The van der Waals surface area contributed by atoms with Gasteiger partial charge < -0.3 is 0 Å². The van der Waals surface area contributed by atoms with Crippen LogP contribution in [0.15, 0.2) is 30.3 Å². The highest BCUT2D eigenvalue weighted by Crippen LogP contribution is 2.27. The molecule has 1 atom stereocenters. The molecule has 2 heterocycles. The van der Waals surface area contributed by atoms with Crippen molar-refractivity contribution in [2.45, 2.75) is 31.7 Å². The minimum atomic E-state index is 0.382. The van der Waals surface area contributed by atoms with Crippen molar-refractivity contribution >= 4 is 0 Å². The van der Waals surface area contributed by atoms with Crippen molar-refractivity contribution in [3.8, 4) is 11.4 Å². The van der Waals surface area contributed by atoms with Gasteiger partial charge in [-0.2, -0.15) is 5.10 Å². The lowest BCUT2D eigenvalue weighted by atomic mass is 10.1. The first-order chi connectivity index (χ1) is 9.34. The lowest BCUT2D eigenvalue weighted by Crippen LogP contribution is -2.24. The molecule has 1 N–H and O–H groups in total. The van der Waals surface area contributed by atoms with Crippen molar-refractivity contribution in [3.63, 3.8) is 0 Å². The summed E-state index contributed by atoms with van der Waals surface area (Å²) in [6, 6.07) is 10.5. The molecule has 0 spiro atoms. The number of aromatic amines is 1. The summed E-state index contributed by atoms with van der Waals surface area (Å²) in [4.78, 5) is 7.08. The number of nitrogens with one attached hydrogen (secondary N) is 1. The molecule has 0 aliphatic carbocycles. The van der Waals surface area contributed by atoms with Crippen molar-refractivity contribution in [2.75, 3.05) is 13.6 Å². The van der Waals surface area contributed by atoms with E-state index in [-0.39, 0.29) is 0 Å². The van der Waals surface area contributed by atoms with Gasteiger partial charge in [-0.15, -0.1) is 0 Å². The average Bonchev–Trinajstić information content (AvgIpc) is 2.83. The molecule has 1 aliphatic rings. The Hall–Kier alpha value is -1.68. The number of aromatic nitrogens is 3. The van der Waals surface area contributed by atoms with E-state index in [1.165, 1.54) is 25.7 Å². The second-order valence-corrected chi connectivity index (χ2v) is 5.26. The van der Waals surface area contributed by atoms with Crippen molar-refractivity contribution in [1.82, 2.24) is 20.1 Å². The third-order valence-electron chi connectivity index (χ3n) is 3.87. The molecule has 19 heavy (non-hydrogen) atoms. The van der Waals surface area contributed by atoms with Crippen molar-refractivity contribution in [2.24, 2.45) is 0 Å². The van der Waals surface area contributed by atoms with Crippen LogP contribution in [0.1, 0.15) is 37.5 Å². The molecular formula is C15H20N4. The van der Waals surface area contributed by atoms with Crippen molar-refractivity contribution in [3.05, 3.63) is 36.2 Å². The van der Waals surface area contributed by atoms with Crippen LogP contribution >= 0.6 is 0 Å². The van der Waals surface area contributed by atoms with Crippen molar-refractivity contribution < 1.29 is 0 Å². The van der Waals surface area contributed by atoms with Gasteiger partial charge in [-0.3, -0.25) is 10.00 Å². The fourth-order valence-corrected chi connectivity index (χ4v) is 2.74. The summed E-state index contributed by atoms with van der Waals surface area (Å²) in [5, 5.41) is 7.49. The standard InChI is InChI=1S/C15H20N4/c1-19-11-7-3-6-10-13(19)15-16-14(17-18-15)12-8-4-2-5-9-12/h2,4-5,8-9,13H,3,6-7,10-11H2,1H3,(H,16,17,18). The minimum absolute atomic E-state index is 0.382. The first-order valence-electron chi connectivity index (χ1n) is 7.02. The van der Waals surface area contributed by atoms with Crippen LogP contribution in [-0.4, -0.2) is 33.7 Å². The van der Waals surface area contributed by atoms with E-state index in [0.717, 1.165) is 23.8 Å². The molecule has 1 aromatic carbocycles. The van der Waals surface area contributed by atoms with Crippen LogP contribution in [0.4, 0.5) is 0 Å². The van der Waals surface area contributed by atoms with Crippen LogP contribution in [0.3, 0.4) is 0 Å². The Kier molecular flexibility index (Phi) is 3.60. The van der Waals surface area contributed by atoms with Crippen LogP contribution in [0.5, 0.6) is 0 Å². The van der Waals surface area contributed by atoms with Crippen molar-refractivity contribution in [1.29, 1.82) is 0 Å². The third-order valence-corrected chi connectivity index (χ3v) is 3.87. The zero-order valence-electron chi connectivity index (χ0n) is 11.3. The number of H-pyrrole nitrogens is 1. The molecule has 3 rings (SSSR count). The summed E-state index contributed by atoms with van der Waals surface area (Å²) in [7, 11) is 2.18. The number of hydrogen-bond donors (Lipinski definition) is 1. The molecule has 4 nitrogen and oxygen atoms in total. The Labute approximate surface area is 113 Å². The Bertz CT molecular complexity index is 520. The Morgan fingerprint density at radius 3 is 2.84 bits per heavy atom. The molecule has 1 saturated heterocycles. The van der Waals surface area contributed by atoms with Crippen LogP contribution in [-0.2, 0) is 0 Å². The molecule has 4 heteroatoms. The summed E-state index contributed by atoms with van der Waals surface area (Å²) < 4.78 is 0. The number of nitrogens with zero attached hydrogens (tertiary/aromatic N) is 3. The SMILES string of the molecule is CN1CCCCCC1c1nc(-c2ccccc2)n[nH]1. The largest absolute Gasteiger partial charge is 0.297 e. The Balaban J connectivity index is 1.84. The van der Waals surface area contributed by atoms with Crippen LogP contribution < -0.4 is 0 Å². The highest BCUT2D eigenvalue weighted by molar-refractivity contribution is 5.53. The van der Waals surface area contributed by atoms with Crippen LogP contribution in [0.25, 0.3) is 11.4 Å². The lowest BCUT2D eigenvalue weighted by molar-refractivity contribution is 0.241. The first kappa shape index (κ1) is 12.4. The fourth-order valence-electron chi connectivity index (χ4n) is 2.74. The maximum atomic E-state index is 4.69. The van der Waals surface area contributed by atoms with Gasteiger partial charge in [0.15, 0.2) is 5.82 Å². The zero-order valence-corrected chi connectivity index (χ0v) is 11.3. The van der Waals surface area contributed by atoms with Gasteiger partial charge in [-0.05, 0) is 26.4 Å². The van der Waals surface area contributed by atoms with Gasteiger partial charge >= 0.3 is 0 Å². The van der Waals surface area contributed by atoms with E-state index in [0.29, 0.717) is 6.04 Å². The maximum Gasteiger partial charge on any atom is 0.181 e. The zero-order chi connectivity index (χ0) is 13.1. The Morgan fingerprint density at radius 1 is 1.16 bits per heavy atom. The lowest BCUT2D eigenvalue weighted by Gasteiger charge is -2.23. The summed E-state index contributed by atoms with van der Waals surface area (Å²) in [6.07, 6.45) is 5.05. The molecule has 0 saturated carbocycles. The summed E-state index contributed by atoms with van der Waals surface area (Å²) in [6.45, 7) is 1.14. The quantitative estimate of drug-likeness (QED) is 0.898. The summed E-state index contributed by atoms with van der Waals surface area (Å²) in [5.74, 6) is 1.80. The normalized spacial score (nSPS) is 21.2. The number of likely N-dealkylation sites (tertiary alicyclic amines) is 1. The van der Waals surface area contributed by atoms with Gasteiger partial charge in [0.25, 0.3) is 0 Å². The van der Waals surface area contributed by atoms with Gasteiger partial charge in [-0.25, -0.2) is 4.98 Å². The molecule has 100 valence electrons. The first-order valence-corrected chi connectivity index (χ1v) is 7.02. The Morgan fingerprint density at radius 2 is 2.00 bits per heavy atom. The van der Waals surface area contributed by atoms with E-state index in [1.54, 1.807) is 0 Å². The predicted octanol–water partition coefficient (Wildman–Crippen LogP) is 3.02. The summed E-state index contributed by atoms with van der Waals surface area (Å²) >= 11 is 0. The van der Waals surface area contributed by atoms with E-state index in [2.05, 4.69) is 27.1 Å². The maximum absolute atomic E-state index is 4.69. The predicted molar refractivity (Wildman–Crippen MR) is 75.7 cm³/mol. The van der Waals surface area contributed by atoms with E-state index in [9.17, 15) is 0 Å². The molecule has 1 unspecified atom stereocenters. The van der Waals surface area contributed by atoms with E-state index in [1.807, 2.05) is 30.3 Å². The van der Waals surface area contributed by atoms with Gasteiger partial charge in [0.05, 0.1) is 6.04 Å². The average molecular weight is 256 g/mol. The molecule has 1 aromatic heterocycles. The van der Waals surface area contributed by atoms with Gasteiger partial charge in [-0.1, -0.05) is 43.2 Å². The number of benzene rings is 1.